The average Bonchev–Trinajstić information content (AvgIpc) is 3.12. The number of nitrogens with one attached hydrogen (secondary N) is 1. The summed E-state index contributed by atoms with van der Waals surface area (Å²) in [6.45, 7) is 3.27. The molecule has 1 N–H and O–H groups in total. The number of hydrogen-bond donors (Lipinski definition) is 1. The third-order valence-corrected chi connectivity index (χ3v) is 5.39. The number of carbonyl (C=O) groups is 1. The van der Waals surface area contributed by atoms with Crippen LogP contribution in [0.3, 0.4) is 0 Å². The van der Waals surface area contributed by atoms with E-state index in [-0.39, 0.29) is 17.5 Å². The number of nitrogens with zero attached hydrogens (tertiary/aromatic N) is 1. The van der Waals surface area contributed by atoms with Crippen LogP contribution in [0.5, 0.6) is 5.75 Å². The fourth-order valence-electron chi connectivity index (χ4n) is 2.60. The molecule has 0 bridgehead atoms. The van der Waals surface area contributed by atoms with Gasteiger partial charge in [-0.2, -0.15) is 4.72 Å². The van der Waals surface area contributed by atoms with Gasteiger partial charge in [0.15, 0.2) is 0 Å². The summed E-state index contributed by atoms with van der Waals surface area (Å²) in [7, 11) is -3.64. The molecule has 1 fully saturated rings. The van der Waals surface area contributed by atoms with Gasteiger partial charge in [0.25, 0.3) is 0 Å². The van der Waals surface area contributed by atoms with E-state index in [4.69, 9.17) is 9.47 Å². The standard InChI is InChI=1S/C20H20N2O5S/c1-2-26-18-9-11-19(12-10-18)28(24,25)21-13-3-4-16-5-7-17(8-6-16)22-14-15-27-20(22)23/h5-12,21H,2,13-15H2,1H3. The van der Waals surface area contributed by atoms with Gasteiger partial charge in [0.1, 0.15) is 12.4 Å². The molecule has 1 heterocycles. The van der Waals surface area contributed by atoms with Gasteiger partial charge >= 0.3 is 6.09 Å². The second-order valence-electron chi connectivity index (χ2n) is 5.84. The van der Waals surface area contributed by atoms with E-state index in [0.717, 1.165) is 11.3 Å². The minimum Gasteiger partial charge on any atom is -0.494 e. The van der Waals surface area contributed by atoms with Crippen molar-refractivity contribution >= 4 is 21.8 Å². The highest BCUT2D eigenvalue weighted by Crippen LogP contribution is 2.19. The van der Waals surface area contributed by atoms with Crippen molar-refractivity contribution in [3.63, 3.8) is 0 Å². The maximum absolute atomic E-state index is 12.3. The van der Waals surface area contributed by atoms with E-state index in [1.807, 2.05) is 6.92 Å². The summed E-state index contributed by atoms with van der Waals surface area (Å²) < 4.78 is 37.2. The SMILES string of the molecule is CCOc1ccc(S(=O)(=O)NCC#Cc2ccc(N3CCOC3=O)cc2)cc1. The molecule has 0 spiro atoms. The van der Waals surface area contributed by atoms with Gasteiger partial charge in [0, 0.05) is 11.3 Å². The largest absolute Gasteiger partial charge is 0.494 e. The number of rotatable bonds is 6. The molecule has 0 aromatic heterocycles. The van der Waals surface area contributed by atoms with Gasteiger partial charge in [-0.1, -0.05) is 11.8 Å². The van der Waals surface area contributed by atoms with Crippen molar-refractivity contribution in [3.8, 4) is 17.6 Å². The summed E-state index contributed by atoms with van der Waals surface area (Å²) in [4.78, 5) is 13.2. The van der Waals surface area contributed by atoms with Crippen LogP contribution in [0.1, 0.15) is 12.5 Å². The number of sulfonamides is 1. The van der Waals surface area contributed by atoms with E-state index in [9.17, 15) is 13.2 Å². The lowest BCUT2D eigenvalue weighted by atomic mass is 10.2. The van der Waals surface area contributed by atoms with Crippen LogP contribution in [-0.4, -0.2) is 40.8 Å². The smallest absolute Gasteiger partial charge is 0.414 e. The molecular formula is C20H20N2O5S. The zero-order valence-electron chi connectivity index (χ0n) is 15.3. The lowest BCUT2D eigenvalue weighted by molar-refractivity contribution is 0.181. The van der Waals surface area contributed by atoms with E-state index in [1.165, 1.54) is 12.1 Å². The summed E-state index contributed by atoms with van der Waals surface area (Å²) in [5.41, 5.74) is 1.46. The molecule has 2 aromatic carbocycles. The Morgan fingerprint density at radius 1 is 1.14 bits per heavy atom. The van der Waals surface area contributed by atoms with Gasteiger partial charge in [-0.25, -0.2) is 13.2 Å². The van der Waals surface area contributed by atoms with E-state index in [1.54, 1.807) is 41.3 Å². The molecule has 1 saturated heterocycles. The fraction of sp³-hybridized carbons (Fsp3) is 0.250. The van der Waals surface area contributed by atoms with Crippen LogP contribution in [-0.2, 0) is 14.8 Å². The molecule has 0 saturated carbocycles. The van der Waals surface area contributed by atoms with E-state index in [0.29, 0.717) is 25.5 Å². The number of cyclic esters (lactones) is 1. The minimum absolute atomic E-state index is 0.0181. The number of benzene rings is 2. The number of anilines is 1. The number of hydrogen-bond acceptors (Lipinski definition) is 5. The molecule has 7 nitrogen and oxygen atoms in total. The Balaban J connectivity index is 1.57. The van der Waals surface area contributed by atoms with Gasteiger partial charge < -0.3 is 9.47 Å². The van der Waals surface area contributed by atoms with Gasteiger partial charge in [0.05, 0.1) is 24.6 Å². The highest BCUT2D eigenvalue weighted by molar-refractivity contribution is 7.89. The Kier molecular flexibility index (Phi) is 6.19. The van der Waals surface area contributed by atoms with E-state index < -0.39 is 10.0 Å². The molecule has 1 aliphatic rings. The topological polar surface area (TPSA) is 84.9 Å². The Labute approximate surface area is 164 Å². The first-order valence-electron chi connectivity index (χ1n) is 8.75. The Morgan fingerprint density at radius 2 is 1.86 bits per heavy atom. The summed E-state index contributed by atoms with van der Waals surface area (Å²) in [5, 5.41) is 0. The lowest BCUT2D eigenvalue weighted by Gasteiger charge is -2.11. The van der Waals surface area contributed by atoms with Gasteiger partial charge in [0.2, 0.25) is 10.0 Å². The molecule has 0 aliphatic carbocycles. The van der Waals surface area contributed by atoms with E-state index in [2.05, 4.69) is 16.6 Å². The van der Waals surface area contributed by atoms with Crippen LogP contribution in [0.4, 0.5) is 10.5 Å². The van der Waals surface area contributed by atoms with Crippen molar-refractivity contribution in [1.29, 1.82) is 0 Å². The second kappa shape index (κ2) is 8.78. The van der Waals surface area contributed by atoms with Gasteiger partial charge in [-0.05, 0) is 55.5 Å². The van der Waals surface area contributed by atoms with E-state index >= 15 is 0 Å². The molecule has 0 atom stereocenters. The zero-order valence-corrected chi connectivity index (χ0v) is 16.2. The Hall–Kier alpha value is -3.02. The van der Waals surface area contributed by atoms with Crippen molar-refractivity contribution < 1.29 is 22.7 Å². The average molecular weight is 400 g/mol. The monoisotopic (exact) mass is 400 g/mol. The molecule has 8 heteroatoms. The van der Waals surface area contributed by atoms with Gasteiger partial charge in [-0.15, -0.1) is 0 Å². The normalized spacial score (nSPS) is 13.6. The predicted octanol–water partition coefficient (Wildman–Crippen LogP) is 2.37. The number of amides is 1. The molecule has 146 valence electrons. The first-order chi connectivity index (χ1) is 13.5. The quantitative estimate of drug-likeness (QED) is 0.753. The molecule has 1 aliphatic heterocycles. The highest BCUT2D eigenvalue weighted by Gasteiger charge is 2.23. The van der Waals surface area contributed by atoms with Crippen LogP contribution in [0, 0.1) is 11.8 Å². The van der Waals surface area contributed by atoms with Crippen molar-refractivity contribution in [3.05, 3.63) is 54.1 Å². The third-order valence-electron chi connectivity index (χ3n) is 3.97. The van der Waals surface area contributed by atoms with Crippen molar-refractivity contribution in [2.45, 2.75) is 11.8 Å². The van der Waals surface area contributed by atoms with Gasteiger partial charge in [-0.3, -0.25) is 4.90 Å². The molecule has 28 heavy (non-hydrogen) atoms. The summed E-state index contributed by atoms with van der Waals surface area (Å²) in [6, 6.07) is 13.3. The Bertz CT molecular complexity index is 990. The summed E-state index contributed by atoms with van der Waals surface area (Å²) in [6.07, 6.45) is -0.359. The zero-order chi connectivity index (χ0) is 20.0. The van der Waals surface area contributed by atoms with Crippen molar-refractivity contribution in [1.82, 2.24) is 4.72 Å². The first kappa shape index (κ1) is 19.7. The van der Waals surface area contributed by atoms with Crippen LogP contribution in [0.25, 0.3) is 0 Å². The maximum Gasteiger partial charge on any atom is 0.414 e. The third kappa shape index (κ3) is 4.82. The first-order valence-corrected chi connectivity index (χ1v) is 10.2. The van der Waals surface area contributed by atoms with Crippen LogP contribution in [0.15, 0.2) is 53.4 Å². The number of carbonyl (C=O) groups excluding carboxylic acids is 1. The molecule has 1 amide bonds. The predicted molar refractivity (Wildman–Crippen MR) is 105 cm³/mol. The molecule has 0 radical (unpaired) electrons. The summed E-state index contributed by atoms with van der Waals surface area (Å²) >= 11 is 0. The fourth-order valence-corrected chi connectivity index (χ4v) is 3.52. The molecule has 0 unspecified atom stereocenters. The summed E-state index contributed by atoms with van der Waals surface area (Å²) in [5.74, 6) is 6.30. The number of ether oxygens (including phenoxy) is 2. The lowest BCUT2D eigenvalue weighted by Crippen LogP contribution is -2.24. The molecule has 3 rings (SSSR count). The highest BCUT2D eigenvalue weighted by atomic mass is 32.2. The van der Waals surface area contributed by atoms with Crippen molar-refractivity contribution in [2.75, 3.05) is 31.2 Å². The molecule has 2 aromatic rings. The van der Waals surface area contributed by atoms with Crippen molar-refractivity contribution in [2.24, 2.45) is 0 Å². The maximum atomic E-state index is 12.3. The molecular weight excluding hydrogens is 380 g/mol. The minimum atomic E-state index is -3.64. The second-order valence-corrected chi connectivity index (χ2v) is 7.61. The Morgan fingerprint density at radius 3 is 2.46 bits per heavy atom. The van der Waals surface area contributed by atoms with Crippen LogP contribution >= 0.6 is 0 Å². The van der Waals surface area contributed by atoms with Crippen LogP contribution in [0.2, 0.25) is 0 Å². The van der Waals surface area contributed by atoms with Crippen LogP contribution < -0.4 is 14.4 Å².